The molecule has 1 aliphatic carbocycles. The fourth-order valence-corrected chi connectivity index (χ4v) is 5.98. The van der Waals surface area contributed by atoms with Gasteiger partial charge >= 0.3 is 6.03 Å². The van der Waals surface area contributed by atoms with E-state index in [1.165, 1.54) is 0 Å². The summed E-state index contributed by atoms with van der Waals surface area (Å²) in [6, 6.07) is 15.0. The first-order chi connectivity index (χ1) is 22.5. The van der Waals surface area contributed by atoms with Crippen LogP contribution in [-0.2, 0) is 5.41 Å². The van der Waals surface area contributed by atoms with Gasteiger partial charge in [0.05, 0.1) is 12.2 Å². The van der Waals surface area contributed by atoms with Gasteiger partial charge in [-0.05, 0) is 89.1 Å². The van der Waals surface area contributed by atoms with Crippen LogP contribution in [0, 0.1) is 0 Å². The molecule has 11 heteroatoms. The minimum Gasteiger partial charge on any atom is -0.484 e. The molecule has 5 rings (SSSR count). The Morgan fingerprint density at radius 2 is 1.74 bits per heavy atom. The summed E-state index contributed by atoms with van der Waals surface area (Å²) >= 11 is 0. The summed E-state index contributed by atoms with van der Waals surface area (Å²) in [4.78, 5) is 35.3. The van der Waals surface area contributed by atoms with Crippen molar-refractivity contribution >= 4 is 29.1 Å². The van der Waals surface area contributed by atoms with Crippen molar-refractivity contribution in [3.05, 3.63) is 77.2 Å². The van der Waals surface area contributed by atoms with E-state index in [0.717, 1.165) is 66.6 Å². The molecular formula is C36H48N8O3. The third-order valence-electron chi connectivity index (χ3n) is 8.57. The molecule has 1 aromatic carbocycles. The number of carbonyl (C=O) groups excluding carboxylic acids is 2. The molecule has 0 aliphatic heterocycles. The lowest BCUT2D eigenvalue weighted by molar-refractivity contribution is 0.0972. The Balaban J connectivity index is 1.30. The first kappa shape index (κ1) is 33.8. The predicted octanol–water partition coefficient (Wildman–Crippen LogP) is 6.57. The van der Waals surface area contributed by atoms with E-state index in [9.17, 15) is 9.59 Å². The Morgan fingerprint density at radius 3 is 2.45 bits per heavy atom. The van der Waals surface area contributed by atoms with Crippen molar-refractivity contribution in [3.63, 3.8) is 0 Å². The van der Waals surface area contributed by atoms with E-state index >= 15 is 0 Å². The van der Waals surface area contributed by atoms with Crippen LogP contribution in [0.4, 0.5) is 16.4 Å². The third-order valence-corrected chi connectivity index (χ3v) is 8.57. The highest BCUT2D eigenvalue weighted by Crippen LogP contribution is 2.39. The topological polar surface area (TPSA) is 117 Å². The number of carbonyl (C=O) groups is 2. The van der Waals surface area contributed by atoms with Crippen molar-refractivity contribution in [1.82, 2.24) is 29.8 Å². The number of pyridine rings is 2. The van der Waals surface area contributed by atoms with Crippen molar-refractivity contribution in [2.75, 3.05) is 43.9 Å². The van der Waals surface area contributed by atoms with Gasteiger partial charge in [0.1, 0.15) is 17.5 Å². The second kappa shape index (κ2) is 14.5. The Hall–Kier alpha value is -4.51. The lowest BCUT2D eigenvalue weighted by atomic mass is 9.85. The Kier molecular flexibility index (Phi) is 10.4. The molecule has 0 spiro atoms. The van der Waals surface area contributed by atoms with Crippen molar-refractivity contribution in [2.45, 2.75) is 77.9 Å². The SMILES string of the molecule is CCN(CC)c1nnc2ccc(O[C@@H]3CC[C@H](NC(=O)Nc4cc(C(=O)CCCN(C)C)nc(C(C)(C)C)c4)c4ccccc43)cn12. The first-order valence-electron chi connectivity index (χ1n) is 16.6. The lowest BCUT2D eigenvalue weighted by Gasteiger charge is -2.32. The van der Waals surface area contributed by atoms with E-state index in [0.29, 0.717) is 24.2 Å². The normalized spacial score (nSPS) is 16.2. The highest BCUT2D eigenvalue weighted by molar-refractivity contribution is 5.97. The second-order valence-electron chi connectivity index (χ2n) is 13.4. The molecule has 1 aliphatic rings. The lowest BCUT2D eigenvalue weighted by Crippen LogP contribution is -2.35. The second-order valence-corrected chi connectivity index (χ2v) is 13.4. The number of benzene rings is 1. The fraction of sp³-hybridized carbons (Fsp3) is 0.472. The van der Waals surface area contributed by atoms with Crippen molar-refractivity contribution in [3.8, 4) is 5.75 Å². The molecule has 0 radical (unpaired) electrons. The molecular weight excluding hydrogens is 592 g/mol. The minimum absolute atomic E-state index is 0.0265. The van der Waals surface area contributed by atoms with Crippen molar-refractivity contribution < 1.29 is 14.3 Å². The molecule has 0 unspecified atom stereocenters. The number of Topliss-reactive ketones (excluding diaryl/α,β-unsaturated/α-hetero) is 1. The number of hydrogen-bond acceptors (Lipinski definition) is 8. The largest absolute Gasteiger partial charge is 0.484 e. The molecule has 2 amide bonds. The van der Waals surface area contributed by atoms with Crippen LogP contribution in [0.5, 0.6) is 5.75 Å². The van der Waals surface area contributed by atoms with Gasteiger partial charge in [0.25, 0.3) is 0 Å². The predicted molar refractivity (Wildman–Crippen MR) is 186 cm³/mol. The average molecular weight is 641 g/mol. The van der Waals surface area contributed by atoms with Crippen LogP contribution in [-0.4, -0.2) is 70.0 Å². The van der Waals surface area contributed by atoms with Gasteiger partial charge in [-0.15, -0.1) is 10.2 Å². The maximum atomic E-state index is 13.4. The molecule has 3 aromatic heterocycles. The number of ketones is 1. The summed E-state index contributed by atoms with van der Waals surface area (Å²) in [6.07, 6.45) is 4.35. The standard InChI is InChI=1S/C36H48N8O3/c1-8-43(9-2)35-41-40-33-19-16-25(23-44(33)35)47-31-18-17-28(26-13-10-11-14-27(26)31)39-34(46)37-24-21-29(30(45)15-12-20-42(6)7)38-32(22-24)36(3,4)5/h10-11,13-14,16,19,21-23,28,31H,8-9,12,15,17-18,20H2,1-7H3,(H2,37,38,39,46)/t28-,31+/m0/s1. The molecule has 11 nitrogen and oxygen atoms in total. The number of hydrogen-bond donors (Lipinski definition) is 2. The van der Waals surface area contributed by atoms with Crippen LogP contribution in [0.2, 0.25) is 0 Å². The van der Waals surface area contributed by atoms with Crippen molar-refractivity contribution in [2.24, 2.45) is 0 Å². The molecule has 4 aromatic rings. The Bertz CT molecular complexity index is 1710. The highest BCUT2D eigenvalue weighted by atomic mass is 16.5. The average Bonchev–Trinajstić information content (AvgIpc) is 3.45. The molecule has 0 fully saturated rings. The number of anilines is 2. The zero-order valence-electron chi connectivity index (χ0n) is 28.7. The number of fused-ring (bicyclic) bond motifs is 2. The van der Waals surface area contributed by atoms with Crippen LogP contribution < -0.4 is 20.3 Å². The van der Waals surface area contributed by atoms with Crippen LogP contribution >= 0.6 is 0 Å². The number of ether oxygens (including phenoxy) is 1. The zero-order valence-corrected chi connectivity index (χ0v) is 28.7. The van der Waals surface area contributed by atoms with Crippen LogP contribution in [0.15, 0.2) is 54.7 Å². The van der Waals surface area contributed by atoms with E-state index < -0.39 is 0 Å². The summed E-state index contributed by atoms with van der Waals surface area (Å²) in [5.74, 6) is 1.50. The summed E-state index contributed by atoms with van der Waals surface area (Å²) in [5.41, 5.74) is 4.22. The summed E-state index contributed by atoms with van der Waals surface area (Å²) < 4.78 is 8.54. The van der Waals surface area contributed by atoms with Crippen LogP contribution in [0.3, 0.4) is 0 Å². The molecule has 2 N–H and O–H groups in total. The zero-order chi connectivity index (χ0) is 33.7. The molecule has 2 atom stereocenters. The summed E-state index contributed by atoms with van der Waals surface area (Å²) in [5, 5.41) is 14.9. The van der Waals surface area contributed by atoms with Gasteiger partial charge in [-0.3, -0.25) is 9.20 Å². The number of aromatic nitrogens is 4. The number of nitrogens with one attached hydrogen (secondary N) is 2. The molecule has 250 valence electrons. The van der Waals surface area contributed by atoms with E-state index in [1.54, 1.807) is 6.07 Å². The molecule has 0 bridgehead atoms. The van der Waals surface area contributed by atoms with E-state index in [-0.39, 0.29) is 29.4 Å². The monoisotopic (exact) mass is 640 g/mol. The Labute approximate surface area is 277 Å². The maximum absolute atomic E-state index is 13.4. The number of urea groups is 1. The molecule has 0 saturated carbocycles. The van der Waals surface area contributed by atoms with Crippen LogP contribution in [0.1, 0.15) is 99.8 Å². The van der Waals surface area contributed by atoms with E-state index in [4.69, 9.17) is 4.74 Å². The number of amides is 2. The van der Waals surface area contributed by atoms with Gasteiger partial charge < -0.3 is 25.2 Å². The van der Waals surface area contributed by atoms with Crippen molar-refractivity contribution in [1.29, 1.82) is 0 Å². The maximum Gasteiger partial charge on any atom is 0.319 e. The van der Waals surface area contributed by atoms with Gasteiger partial charge in [-0.1, -0.05) is 45.0 Å². The van der Waals surface area contributed by atoms with Gasteiger partial charge in [0.15, 0.2) is 11.4 Å². The van der Waals surface area contributed by atoms with Gasteiger partial charge in [-0.2, -0.15) is 0 Å². The first-order valence-corrected chi connectivity index (χ1v) is 16.6. The summed E-state index contributed by atoms with van der Waals surface area (Å²) in [6.45, 7) is 12.8. The molecule has 0 saturated heterocycles. The van der Waals surface area contributed by atoms with E-state index in [2.05, 4.69) is 55.5 Å². The van der Waals surface area contributed by atoms with Gasteiger partial charge in [0.2, 0.25) is 5.95 Å². The smallest absolute Gasteiger partial charge is 0.319 e. The van der Waals surface area contributed by atoms with E-state index in [1.807, 2.05) is 81.9 Å². The fourth-order valence-electron chi connectivity index (χ4n) is 5.98. The van der Waals surface area contributed by atoms with Crippen LogP contribution in [0.25, 0.3) is 5.65 Å². The highest BCUT2D eigenvalue weighted by Gasteiger charge is 2.30. The molecule has 3 heterocycles. The minimum atomic E-state index is -0.330. The quantitative estimate of drug-likeness (QED) is 0.167. The summed E-state index contributed by atoms with van der Waals surface area (Å²) in [7, 11) is 3.98. The third kappa shape index (κ3) is 8.08. The number of nitrogens with zero attached hydrogens (tertiary/aromatic N) is 6. The Morgan fingerprint density at radius 1 is 1.00 bits per heavy atom. The van der Waals surface area contributed by atoms with Gasteiger partial charge in [0, 0.05) is 36.3 Å². The van der Waals surface area contributed by atoms with Gasteiger partial charge in [-0.25, -0.2) is 9.78 Å². The molecule has 47 heavy (non-hydrogen) atoms. The number of rotatable bonds is 12.